The Balaban J connectivity index is 1.25. The smallest absolute Gasteiger partial charge is 0.287 e. The maximum Gasteiger partial charge on any atom is 0.287 e. The predicted molar refractivity (Wildman–Crippen MR) is 144 cm³/mol. The number of hydrogen-bond donors (Lipinski definition) is 1. The van der Waals surface area contributed by atoms with Gasteiger partial charge in [0, 0.05) is 38.3 Å². The lowest BCUT2D eigenvalue weighted by Crippen LogP contribution is -2.39. The van der Waals surface area contributed by atoms with Crippen LogP contribution in [0.25, 0.3) is 0 Å². The van der Waals surface area contributed by atoms with Gasteiger partial charge >= 0.3 is 0 Å². The lowest BCUT2D eigenvalue weighted by molar-refractivity contribution is -0.130. The zero-order valence-corrected chi connectivity index (χ0v) is 21.6. The van der Waals surface area contributed by atoms with Gasteiger partial charge in [0.15, 0.2) is 5.76 Å². The van der Waals surface area contributed by atoms with Gasteiger partial charge in [-0.25, -0.2) is 0 Å². The van der Waals surface area contributed by atoms with Crippen LogP contribution in [0.15, 0.2) is 83.4 Å². The highest BCUT2D eigenvalue weighted by Gasteiger charge is 2.30. The average molecular weight is 510 g/mol. The number of carbonyl (C=O) groups is 2. The summed E-state index contributed by atoms with van der Waals surface area (Å²) in [6.07, 6.45) is 3.18. The largest absolute Gasteiger partial charge is 0.486 e. The quantitative estimate of drug-likeness (QED) is 0.360. The van der Waals surface area contributed by atoms with Crippen LogP contribution in [0.2, 0.25) is 0 Å². The fourth-order valence-corrected chi connectivity index (χ4v) is 4.80. The third kappa shape index (κ3) is 5.78. The molecule has 1 atom stereocenters. The van der Waals surface area contributed by atoms with Crippen molar-refractivity contribution in [2.24, 2.45) is 0 Å². The van der Waals surface area contributed by atoms with Crippen LogP contribution in [0.4, 0.5) is 0 Å². The highest BCUT2D eigenvalue weighted by molar-refractivity contribution is 5.91. The first-order valence-electron chi connectivity index (χ1n) is 12.8. The van der Waals surface area contributed by atoms with Gasteiger partial charge in [0.2, 0.25) is 5.91 Å². The minimum atomic E-state index is -0.272. The van der Waals surface area contributed by atoms with E-state index in [0.717, 1.165) is 23.2 Å². The number of amides is 2. The van der Waals surface area contributed by atoms with E-state index < -0.39 is 0 Å². The predicted octanol–water partition coefficient (Wildman–Crippen LogP) is 5.03. The van der Waals surface area contributed by atoms with Gasteiger partial charge in [-0.1, -0.05) is 42.0 Å². The van der Waals surface area contributed by atoms with Gasteiger partial charge in [-0.15, -0.1) is 0 Å². The van der Waals surface area contributed by atoms with Crippen LogP contribution in [0.1, 0.15) is 57.2 Å². The van der Waals surface area contributed by atoms with Gasteiger partial charge in [-0.2, -0.15) is 0 Å². The molecule has 5 rings (SSSR count). The van der Waals surface area contributed by atoms with Crippen molar-refractivity contribution in [3.05, 3.63) is 118 Å². The molecule has 2 aromatic carbocycles. The van der Waals surface area contributed by atoms with Crippen molar-refractivity contribution < 1.29 is 18.7 Å². The van der Waals surface area contributed by atoms with E-state index in [2.05, 4.69) is 47.6 Å². The molecule has 0 radical (unpaired) electrons. The first kappa shape index (κ1) is 25.3. The molecule has 0 saturated heterocycles. The number of furan rings is 1. The Kier molecular flexibility index (Phi) is 7.54. The fraction of sp³-hybridized carbons (Fsp3) is 0.258. The molecule has 1 aliphatic heterocycles. The molecule has 0 aliphatic carbocycles. The molecule has 4 aromatic rings. The highest BCUT2D eigenvalue weighted by Crippen LogP contribution is 2.37. The number of ether oxygens (including phenoxy) is 1. The summed E-state index contributed by atoms with van der Waals surface area (Å²) >= 11 is 0. The van der Waals surface area contributed by atoms with Gasteiger partial charge in [-0.3, -0.25) is 14.6 Å². The van der Waals surface area contributed by atoms with E-state index in [-0.39, 0.29) is 30.2 Å². The molecular formula is C31H31N3O4. The number of aromatic nitrogens is 1. The molecule has 1 unspecified atom stereocenters. The second kappa shape index (κ2) is 11.3. The maximum absolute atomic E-state index is 12.5. The topological polar surface area (TPSA) is 84.7 Å². The van der Waals surface area contributed by atoms with Crippen LogP contribution in [0.5, 0.6) is 5.75 Å². The average Bonchev–Trinajstić information content (AvgIpc) is 3.41. The van der Waals surface area contributed by atoms with E-state index in [1.807, 2.05) is 35.2 Å². The second-order valence-electron chi connectivity index (χ2n) is 9.52. The lowest BCUT2D eigenvalue weighted by atomic mass is 9.87. The number of carbonyl (C=O) groups excluding carboxylic acids is 2. The Morgan fingerprint density at radius 3 is 2.68 bits per heavy atom. The molecule has 0 bridgehead atoms. The Morgan fingerprint density at radius 1 is 1.08 bits per heavy atom. The van der Waals surface area contributed by atoms with Crippen molar-refractivity contribution in [3.8, 4) is 5.75 Å². The summed E-state index contributed by atoms with van der Waals surface area (Å²) in [5.74, 6) is 1.26. The van der Waals surface area contributed by atoms with Crippen LogP contribution >= 0.6 is 0 Å². The van der Waals surface area contributed by atoms with Crippen LogP contribution in [0, 0.1) is 6.92 Å². The first-order chi connectivity index (χ1) is 18.5. The van der Waals surface area contributed by atoms with E-state index in [1.165, 1.54) is 11.1 Å². The summed E-state index contributed by atoms with van der Waals surface area (Å²) in [7, 11) is 0. The van der Waals surface area contributed by atoms with E-state index in [4.69, 9.17) is 9.15 Å². The first-order valence-corrected chi connectivity index (χ1v) is 12.8. The van der Waals surface area contributed by atoms with Crippen LogP contribution < -0.4 is 10.1 Å². The zero-order valence-electron chi connectivity index (χ0n) is 21.6. The van der Waals surface area contributed by atoms with Crippen LogP contribution in [0.3, 0.4) is 0 Å². The summed E-state index contributed by atoms with van der Waals surface area (Å²) in [4.78, 5) is 31.1. The van der Waals surface area contributed by atoms with E-state index in [0.29, 0.717) is 31.0 Å². The Bertz CT molecular complexity index is 1410. The standard InChI is InChI=1S/C31H31N3O4/c1-21-6-8-24(9-7-21)30-28-19-26(11-10-23(28)15-18-34(30)22(2)35)37-20-27-12-13-29(38-27)31(36)33-17-14-25-5-3-4-16-32-25/h3-13,16,19,30H,14-15,17-18,20H2,1-2H3,(H,33,36). The molecule has 0 spiro atoms. The van der Waals surface area contributed by atoms with Gasteiger partial charge < -0.3 is 19.4 Å². The third-order valence-electron chi connectivity index (χ3n) is 6.80. The van der Waals surface area contributed by atoms with Crippen molar-refractivity contribution in [1.29, 1.82) is 0 Å². The molecule has 1 N–H and O–H groups in total. The number of pyridine rings is 1. The number of nitrogens with one attached hydrogen (secondary N) is 1. The highest BCUT2D eigenvalue weighted by atomic mass is 16.5. The Morgan fingerprint density at radius 2 is 1.92 bits per heavy atom. The number of hydrogen-bond acceptors (Lipinski definition) is 5. The van der Waals surface area contributed by atoms with Crippen molar-refractivity contribution in [2.45, 2.75) is 39.3 Å². The molecule has 1 aliphatic rings. The molecular weight excluding hydrogens is 478 g/mol. The van der Waals surface area contributed by atoms with Gasteiger partial charge in [0.05, 0.1) is 6.04 Å². The minimum absolute atomic E-state index is 0.0500. The summed E-state index contributed by atoms with van der Waals surface area (Å²) in [6, 6.07) is 23.3. The maximum atomic E-state index is 12.5. The minimum Gasteiger partial charge on any atom is -0.486 e. The summed E-state index contributed by atoms with van der Waals surface area (Å²) in [5, 5.41) is 2.86. The Hall–Kier alpha value is -4.39. The summed E-state index contributed by atoms with van der Waals surface area (Å²) in [5.41, 5.74) is 5.45. The fourth-order valence-electron chi connectivity index (χ4n) is 4.80. The molecule has 7 heteroatoms. The second-order valence-corrected chi connectivity index (χ2v) is 9.52. The van der Waals surface area contributed by atoms with E-state index in [1.54, 1.807) is 25.3 Å². The van der Waals surface area contributed by atoms with Crippen molar-refractivity contribution in [2.75, 3.05) is 13.1 Å². The third-order valence-corrected chi connectivity index (χ3v) is 6.80. The molecule has 2 amide bonds. The molecule has 0 saturated carbocycles. The molecule has 38 heavy (non-hydrogen) atoms. The zero-order chi connectivity index (χ0) is 26.5. The number of nitrogens with zero attached hydrogens (tertiary/aromatic N) is 2. The lowest BCUT2D eigenvalue weighted by Gasteiger charge is -2.37. The molecule has 0 fully saturated rings. The summed E-state index contributed by atoms with van der Waals surface area (Å²) < 4.78 is 11.8. The Labute approximate surface area is 222 Å². The molecule has 194 valence electrons. The number of fused-ring (bicyclic) bond motifs is 1. The normalized spacial score (nSPS) is 14.6. The van der Waals surface area contributed by atoms with Crippen LogP contribution in [-0.2, 0) is 24.2 Å². The van der Waals surface area contributed by atoms with E-state index in [9.17, 15) is 9.59 Å². The van der Waals surface area contributed by atoms with Gasteiger partial charge in [-0.05, 0) is 66.4 Å². The number of rotatable bonds is 8. The molecule has 2 aromatic heterocycles. The van der Waals surface area contributed by atoms with Gasteiger partial charge in [0.1, 0.15) is 18.1 Å². The molecule has 7 nitrogen and oxygen atoms in total. The monoisotopic (exact) mass is 509 g/mol. The van der Waals surface area contributed by atoms with Crippen molar-refractivity contribution >= 4 is 11.8 Å². The number of benzene rings is 2. The van der Waals surface area contributed by atoms with Crippen LogP contribution in [-0.4, -0.2) is 34.8 Å². The molecule has 3 heterocycles. The number of aryl methyl sites for hydroxylation is 1. The van der Waals surface area contributed by atoms with Crippen molar-refractivity contribution in [3.63, 3.8) is 0 Å². The van der Waals surface area contributed by atoms with E-state index >= 15 is 0 Å². The van der Waals surface area contributed by atoms with Gasteiger partial charge in [0.25, 0.3) is 5.91 Å². The summed E-state index contributed by atoms with van der Waals surface area (Å²) in [6.45, 7) is 5.01. The van der Waals surface area contributed by atoms with Crippen molar-refractivity contribution in [1.82, 2.24) is 15.2 Å². The SMILES string of the molecule is CC(=O)N1CCc2ccc(OCc3ccc(C(=O)NCCc4ccccn4)o3)cc2C1c1ccc(C)cc1.